The molecule has 0 bridgehead atoms. The highest BCUT2D eigenvalue weighted by Gasteiger charge is 2.44. The van der Waals surface area contributed by atoms with Crippen LogP contribution in [0, 0.1) is 17.2 Å². The molecular weight excluding hydrogens is 316 g/mol. The van der Waals surface area contributed by atoms with Gasteiger partial charge < -0.3 is 5.11 Å². The molecule has 0 aromatic heterocycles. The zero-order chi connectivity index (χ0) is 15.8. The van der Waals surface area contributed by atoms with Crippen molar-refractivity contribution in [3.05, 3.63) is 28.8 Å². The fraction of sp³-hybridized carbons (Fsp3) is 0.385. The van der Waals surface area contributed by atoms with Crippen LogP contribution in [0.1, 0.15) is 18.9 Å². The van der Waals surface area contributed by atoms with Gasteiger partial charge in [0.15, 0.2) is 0 Å². The number of carboxylic acids is 1. The van der Waals surface area contributed by atoms with Crippen LogP contribution < -0.4 is 0 Å². The number of aliphatic carboxylic acids is 1. The molecule has 21 heavy (non-hydrogen) atoms. The number of rotatable bonds is 3. The lowest BCUT2D eigenvalue weighted by atomic mass is 10.0. The Balaban J connectivity index is 2.55. The average Bonchev–Trinajstić information content (AvgIpc) is 2.81. The molecule has 1 N–H and O–H groups in total. The van der Waals surface area contributed by atoms with Crippen LogP contribution in [0.5, 0.6) is 0 Å². The molecular formula is C13H13ClN2O4S. The lowest BCUT2D eigenvalue weighted by molar-refractivity contribution is -0.141. The van der Waals surface area contributed by atoms with Gasteiger partial charge in [-0.3, -0.25) is 4.79 Å². The van der Waals surface area contributed by atoms with Gasteiger partial charge in [-0.15, -0.1) is 0 Å². The summed E-state index contributed by atoms with van der Waals surface area (Å²) in [6.45, 7) is 1.80. The Bertz CT molecular complexity index is 726. The molecule has 2 unspecified atom stereocenters. The Labute approximate surface area is 127 Å². The third kappa shape index (κ3) is 2.75. The largest absolute Gasteiger partial charge is 0.480 e. The molecule has 2 atom stereocenters. The molecule has 0 amide bonds. The average molecular weight is 329 g/mol. The SMILES string of the molecule is CC1CCN(S(=O)(=O)c2cc(Cl)ccc2C#N)C1C(=O)O. The number of nitriles is 1. The summed E-state index contributed by atoms with van der Waals surface area (Å²) in [4.78, 5) is 11.1. The second-order valence-electron chi connectivity index (χ2n) is 4.92. The molecule has 1 saturated heterocycles. The van der Waals surface area contributed by atoms with Gasteiger partial charge in [0.05, 0.1) is 5.56 Å². The maximum Gasteiger partial charge on any atom is 0.322 e. The maximum absolute atomic E-state index is 12.7. The van der Waals surface area contributed by atoms with Crippen molar-refractivity contribution in [3.8, 4) is 6.07 Å². The number of sulfonamides is 1. The summed E-state index contributed by atoms with van der Waals surface area (Å²) in [5, 5.41) is 18.5. The molecule has 2 rings (SSSR count). The topological polar surface area (TPSA) is 98.5 Å². The monoisotopic (exact) mass is 328 g/mol. The van der Waals surface area contributed by atoms with Crippen LogP contribution in [-0.2, 0) is 14.8 Å². The number of benzene rings is 1. The number of carbonyl (C=O) groups is 1. The van der Waals surface area contributed by atoms with E-state index in [0.717, 1.165) is 4.31 Å². The van der Waals surface area contributed by atoms with Crippen molar-refractivity contribution in [1.29, 1.82) is 5.26 Å². The van der Waals surface area contributed by atoms with E-state index in [1.165, 1.54) is 18.2 Å². The first kappa shape index (κ1) is 15.8. The second kappa shape index (κ2) is 5.64. The summed E-state index contributed by atoms with van der Waals surface area (Å²) in [7, 11) is -4.09. The van der Waals surface area contributed by atoms with E-state index in [9.17, 15) is 18.3 Å². The molecule has 8 heteroatoms. The smallest absolute Gasteiger partial charge is 0.322 e. The van der Waals surface area contributed by atoms with E-state index < -0.39 is 22.0 Å². The summed E-state index contributed by atoms with van der Waals surface area (Å²) >= 11 is 5.81. The number of nitrogens with zero attached hydrogens (tertiary/aromatic N) is 2. The second-order valence-corrected chi connectivity index (χ2v) is 7.21. The predicted octanol–water partition coefficient (Wildman–Crippen LogP) is 1.70. The molecule has 1 aliphatic rings. The molecule has 1 fully saturated rings. The number of hydrogen-bond acceptors (Lipinski definition) is 4. The highest BCUT2D eigenvalue weighted by Crippen LogP contribution is 2.32. The molecule has 1 aliphatic heterocycles. The minimum absolute atomic E-state index is 0.0527. The van der Waals surface area contributed by atoms with E-state index in [-0.39, 0.29) is 27.9 Å². The fourth-order valence-corrected chi connectivity index (χ4v) is 4.58. The molecule has 0 aliphatic carbocycles. The first-order valence-corrected chi connectivity index (χ1v) is 8.05. The first-order chi connectivity index (χ1) is 9.78. The highest BCUT2D eigenvalue weighted by molar-refractivity contribution is 7.89. The molecule has 0 spiro atoms. The predicted molar refractivity (Wildman–Crippen MR) is 75.3 cm³/mol. The van der Waals surface area contributed by atoms with Gasteiger partial charge in [-0.05, 0) is 30.5 Å². The lowest BCUT2D eigenvalue weighted by Gasteiger charge is -2.23. The van der Waals surface area contributed by atoms with Crippen molar-refractivity contribution in [3.63, 3.8) is 0 Å². The molecule has 1 aromatic rings. The van der Waals surface area contributed by atoms with E-state index in [4.69, 9.17) is 16.9 Å². The Morgan fingerprint density at radius 1 is 1.52 bits per heavy atom. The van der Waals surface area contributed by atoms with Gasteiger partial charge in [0, 0.05) is 11.6 Å². The third-order valence-corrected chi connectivity index (χ3v) is 5.71. The Hall–Kier alpha value is -1.62. The van der Waals surface area contributed by atoms with Crippen LogP contribution in [0.25, 0.3) is 0 Å². The zero-order valence-corrected chi connectivity index (χ0v) is 12.7. The van der Waals surface area contributed by atoms with E-state index >= 15 is 0 Å². The van der Waals surface area contributed by atoms with Crippen LogP contribution in [0.15, 0.2) is 23.1 Å². The van der Waals surface area contributed by atoms with E-state index in [0.29, 0.717) is 6.42 Å². The molecule has 0 saturated carbocycles. The van der Waals surface area contributed by atoms with Crippen molar-refractivity contribution in [2.24, 2.45) is 5.92 Å². The summed E-state index contributed by atoms with van der Waals surface area (Å²) in [6.07, 6.45) is 0.457. The van der Waals surface area contributed by atoms with Crippen molar-refractivity contribution >= 4 is 27.6 Å². The van der Waals surface area contributed by atoms with E-state index in [2.05, 4.69) is 0 Å². The number of carboxylic acid groups (broad SMARTS) is 1. The normalized spacial score (nSPS) is 22.9. The fourth-order valence-electron chi connectivity index (χ4n) is 2.48. The van der Waals surface area contributed by atoms with Gasteiger partial charge in [-0.2, -0.15) is 9.57 Å². The van der Waals surface area contributed by atoms with Crippen molar-refractivity contribution < 1.29 is 18.3 Å². The highest BCUT2D eigenvalue weighted by atomic mass is 35.5. The van der Waals surface area contributed by atoms with Crippen molar-refractivity contribution in [2.75, 3.05) is 6.54 Å². The van der Waals surface area contributed by atoms with Crippen molar-refractivity contribution in [2.45, 2.75) is 24.3 Å². The number of hydrogen-bond donors (Lipinski definition) is 1. The van der Waals surface area contributed by atoms with Crippen LogP contribution in [-0.4, -0.2) is 36.4 Å². The van der Waals surface area contributed by atoms with Crippen LogP contribution >= 0.6 is 11.6 Å². The van der Waals surface area contributed by atoms with E-state index in [1.807, 2.05) is 0 Å². The van der Waals surface area contributed by atoms with Gasteiger partial charge in [-0.1, -0.05) is 18.5 Å². The van der Waals surface area contributed by atoms with Crippen molar-refractivity contribution in [1.82, 2.24) is 4.31 Å². The summed E-state index contributed by atoms with van der Waals surface area (Å²) in [5.41, 5.74) is -0.0527. The Morgan fingerprint density at radius 2 is 2.19 bits per heavy atom. The summed E-state index contributed by atoms with van der Waals surface area (Å²) in [5.74, 6) is -1.48. The van der Waals surface area contributed by atoms with Crippen LogP contribution in [0.4, 0.5) is 0 Å². The molecule has 112 valence electrons. The summed E-state index contributed by atoms with van der Waals surface area (Å²) < 4.78 is 26.3. The minimum atomic E-state index is -4.09. The van der Waals surface area contributed by atoms with Gasteiger partial charge in [-0.25, -0.2) is 8.42 Å². The first-order valence-electron chi connectivity index (χ1n) is 6.23. The Morgan fingerprint density at radius 3 is 2.76 bits per heavy atom. The molecule has 1 heterocycles. The van der Waals surface area contributed by atoms with Gasteiger partial charge >= 0.3 is 5.97 Å². The van der Waals surface area contributed by atoms with Gasteiger partial charge in [0.1, 0.15) is 17.0 Å². The van der Waals surface area contributed by atoms with Crippen LogP contribution in [0.2, 0.25) is 5.02 Å². The standard InChI is InChI=1S/C13H13ClN2O4S/c1-8-4-5-16(12(8)13(17)18)21(19,20)11-6-10(14)3-2-9(11)7-15/h2-3,6,8,12H,4-5H2,1H3,(H,17,18). The molecule has 0 radical (unpaired) electrons. The molecule has 1 aromatic carbocycles. The zero-order valence-electron chi connectivity index (χ0n) is 11.2. The quantitative estimate of drug-likeness (QED) is 0.910. The Kier molecular flexibility index (Phi) is 4.23. The van der Waals surface area contributed by atoms with E-state index in [1.54, 1.807) is 13.0 Å². The van der Waals surface area contributed by atoms with Gasteiger partial charge in [0.25, 0.3) is 0 Å². The maximum atomic E-state index is 12.7. The number of halogens is 1. The van der Waals surface area contributed by atoms with Gasteiger partial charge in [0.2, 0.25) is 10.0 Å². The molecule has 6 nitrogen and oxygen atoms in total. The third-order valence-electron chi connectivity index (χ3n) is 3.56. The lowest BCUT2D eigenvalue weighted by Crippen LogP contribution is -2.42. The summed E-state index contributed by atoms with van der Waals surface area (Å²) in [6, 6.07) is 4.58. The minimum Gasteiger partial charge on any atom is -0.480 e. The van der Waals surface area contributed by atoms with Crippen LogP contribution in [0.3, 0.4) is 0 Å².